The molecule has 39 heavy (non-hydrogen) atoms. The second-order valence-corrected chi connectivity index (χ2v) is 9.24. The van der Waals surface area contributed by atoms with E-state index in [2.05, 4.69) is 28.6 Å². The van der Waals surface area contributed by atoms with Crippen LogP contribution in [0.3, 0.4) is 0 Å². The van der Waals surface area contributed by atoms with Crippen molar-refractivity contribution >= 4 is 42.2 Å². The molecular weight excluding hydrogens is 526 g/mol. The van der Waals surface area contributed by atoms with E-state index in [9.17, 15) is 34.2 Å². The molecule has 4 atom stereocenters. The first kappa shape index (κ1) is 31.1. The molecule has 0 aliphatic rings. The lowest BCUT2D eigenvalue weighted by molar-refractivity contribution is -0.142. The summed E-state index contributed by atoms with van der Waals surface area (Å²) in [6, 6.07) is 9.75. The maximum absolute atomic E-state index is 13.3. The monoisotopic (exact) mass is 559 g/mol. The molecule has 0 saturated carbocycles. The average Bonchev–Trinajstić information content (AvgIpc) is 2.91. The first-order valence-corrected chi connectivity index (χ1v) is 12.7. The number of nitrogens with one attached hydrogen (secondary N) is 3. The highest BCUT2D eigenvalue weighted by atomic mass is 32.1. The van der Waals surface area contributed by atoms with Crippen LogP contribution in [0.4, 0.5) is 0 Å². The number of amides is 4. The summed E-state index contributed by atoms with van der Waals surface area (Å²) in [6.45, 7) is 0. The Labute approximate surface area is 230 Å². The third-order valence-corrected chi connectivity index (χ3v) is 6.15. The lowest BCUT2D eigenvalue weighted by Crippen LogP contribution is -2.58. The van der Waals surface area contributed by atoms with Gasteiger partial charge in [0.25, 0.3) is 0 Å². The van der Waals surface area contributed by atoms with E-state index >= 15 is 0 Å². The zero-order chi connectivity index (χ0) is 28.9. The summed E-state index contributed by atoms with van der Waals surface area (Å²) in [6.07, 6.45) is -0.439. The molecule has 9 N–H and O–H groups in total. The number of phenols is 1. The van der Waals surface area contributed by atoms with Crippen LogP contribution < -0.4 is 27.4 Å². The number of phenolic OH excluding ortho intramolecular Hbond substituents is 1. The fourth-order valence-electron chi connectivity index (χ4n) is 3.59. The van der Waals surface area contributed by atoms with Crippen LogP contribution >= 0.6 is 12.6 Å². The first-order valence-electron chi connectivity index (χ1n) is 12.1. The van der Waals surface area contributed by atoms with Crippen molar-refractivity contribution in [3.05, 3.63) is 65.7 Å². The third-order valence-electron chi connectivity index (χ3n) is 5.75. The molecule has 13 heteroatoms. The molecule has 0 aromatic heterocycles. The molecule has 0 heterocycles. The van der Waals surface area contributed by atoms with Gasteiger partial charge in [0.15, 0.2) is 0 Å². The van der Waals surface area contributed by atoms with Crippen LogP contribution in [0, 0.1) is 0 Å². The zero-order valence-corrected chi connectivity index (χ0v) is 22.0. The van der Waals surface area contributed by atoms with Gasteiger partial charge >= 0.3 is 5.97 Å². The molecule has 2 aromatic rings. The number of carboxylic acid groups (broad SMARTS) is 1. The number of thiol groups is 1. The number of carbonyl (C=O) groups excluding carboxylic acids is 4. The highest BCUT2D eigenvalue weighted by molar-refractivity contribution is 7.80. The highest BCUT2D eigenvalue weighted by Crippen LogP contribution is 2.12. The molecule has 12 nitrogen and oxygen atoms in total. The number of primary amides is 1. The third kappa shape index (κ3) is 10.7. The van der Waals surface area contributed by atoms with Crippen molar-refractivity contribution in [3.63, 3.8) is 0 Å². The van der Waals surface area contributed by atoms with E-state index in [1.165, 1.54) is 24.3 Å². The molecule has 2 aromatic carbocycles. The zero-order valence-electron chi connectivity index (χ0n) is 21.1. The van der Waals surface area contributed by atoms with Gasteiger partial charge in [0.1, 0.15) is 23.9 Å². The number of rotatable bonds is 15. The Bertz CT molecular complexity index is 1150. The van der Waals surface area contributed by atoms with Crippen molar-refractivity contribution < 1.29 is 34.2 Å². The van der Waals surface area contributed by atoms with Gasteiger partial charge in [-0.15, -0.1) is 0 Å². The van der Waals surface area contributed by atoms with Crippen molar-refractivity contribution in [1.82, 2.24) is 16.0 Å². The minimum Gasteiger partial charge on any atom is -0.508 e. The number of carbonyl (C=O) groups is 5. The Morgan fingerprint density at radius 2 is 1.28 bits per heavy atom. The summed E-state index contributed by atoms with van der Waals surface area (Å²) in [5.74, 6) is -4.21. The number of benzene rings is 2. The quantitative estimate of drug-likeness (QED) is 0.130. The normalized spacial score (nSPS) is 13.8. The minimum atomic E-state index is -1.34. The lowest BCUT2D eigenvalue weighted by Gasteiger charge is -2.25. The summed E-state index contributed by atoms with van der Waals surface area (Å²) in [7, 11) is 0. The van der Waals surface area contributed by atoms with E-state index in [4.69, 9.17) is 11.5 Å². The van der Waals surface area contributed by atoms with Crippen LogP contribution in [-0.2, 0) is 36.8 Å². The Balaban J connectivity index is 2.26. The predicted octanol–water partition coefficient (Wildman–Crippen LogP) is -0.761. The second-order valence-electron chi connectivity index (χ2n) is 8.88. The maximum atomic E-state index is 13.3. The Kier molecular flexibility index (Phi) is 12.2. The predicted molar refractivity (Wildman–Crippen MR) is 146 cm³/mol. The molecule has 4 amide bonds. The molecule has 210 valence electrons. The number of carboxylic acids is 1. The van der Waals surface area contributed by atoms with Crippen molar-refractivity contribution in [2.45, 2.75) is 49.9 Å². The molecule has 0 radical (unpaired) electrons. The van der Waals surface area contributed by atoms with Crippen LogP contribution in [0.1, 0.15) is 24.0 Å². The van der Waals surface area contributed by atoms with Gasteiger partial charge < -0.3 is 37.6 Å². The average molecular weight is 560 g/mol. The Morgan fingerprint density at radius 3 is 1.85 bits per heavy atom. The number of aliphatic carboxylic acids is 1. The molecular formula is C26H33N5O7S. The van der Waals surface area contributed by atoms with Gasteiger partial charge in [-0.1, -0.05) is 42.5 Å². The fourth-order valence-corrected chi connectivity index (χ4v) is 3.75. The summed E-state index contributed by atoms with van der Waals surface area (Å²) >= 11 is 3.97. The summed E-state index contributed by atoms with van der Waals surface area (Å²) in [5, 5.41) is 26.6. The number of hydrogen-bond donors (Lipinski definition) is 8. The number of hydrogen-bond acceptors (Lipinski definition) is 8. The SMILES string of the molecule is NC(=O)CCC(NC(=O)C(N)CS)C(=O)NC(Cc1ccccc1)C(=O)NC(Cc1ccc(O)cc1)C(=O)O. The van der Waals surface area contributed by atoms with E-state index < -0.39 is 53.8 Å². The fraction of sp³-hybridized carbons (Fsp3) is 0.346. The van der Waals surface area contributed by atoms with E-state index in [1.807, 2.05) is 0 Å². The van der Waals surface area contributed by atoms with E-state index in [0.29, 0.717) is 11.1 Å². The van der Waals surface area contributed by atoms with Crippen LogP contribution in [0.2, 0.25) is 0 Å². The molecule has 0 aliphatic carbocycles. The molecule has 0 aliphatic heterocycles. The largest absolute Gasteiger partial charge is 0.508 e. The van der Waals surface area contributed by atoms with Gasteiger partial charge in [0.2, 0.25) is 23.6 Å². The molecule has 4 unspecified atom stereocenters. The standard InChI is InChI=1S/C26H33N5O7S/c27-18(14-39)23(34)29-19(10-11-22(28)33)24(35)30-20(12-15-4-2-1-3-5-15)25(36)31-21(26(37)38)13-16-6-8-17(32)9-7-16/h1-9,18-21,32,39H,10-14,27H2,(H2,28,33)(H,29,34)(H,30,35)(H,31,36)(H,37,38). The van der Waals surface area contributed by atoms with Gasteiger partial charge in [-0.05, 0) is 29.7 Å². The van der Waals surface area contributed by atoms with Crippen LogP contribution in [-0.4, -0.2) is 69.7 Å². The van der Waals surface area contributed by atoms with Gasteiger partial charge in [-0.2, -0.15) is 12.6 Å². The topological polar surface area (TPSA) is 214 Å². The molecule has 0 saturated heterocycles. The van der Waals surface area contributed by atoms with Gasteiger partial charge in [0.05, 0.1) is 6.04 Å². The van der Waals surface area contributed by atoms with Crippen molar-refractivity contribution in [1.29, 1.82) is 0 Å². The Morgan fingerprint density at radius 1 is 0.769 bits per heavy atom. The molecule has 2 rings (SSSR count). The van der Waals surface area contributed by atoms with Crippen molar-refractivity contribution in [3.8, 4) is 5.75 Å². The first-order chi connectivity index (χ1) is 18.5. The van der Waals surface area contributed by atoms with Gasteiger partial charge in [-0.3, -0.25) is 19.2 Å². The summed E-state index contributed by atoms with van der Waals surface area (Å²) < 4.78 is 0. The maximum Gasteiger partial charge on any atom is 0.326 e. The molecule has 0 spiro atoms. The highest BCUT2D eigenvalue weighted by Gasteiger charge is 2.30. The van der Waals surface area contributed by atoms with E-state index in [-0.39, 0.29) is 37.2 Å². The van der Waals surface area contributed by atoms with Crippen molar-refractivity contribution in [2.75, 3.05) is 5.75 Å². The number of aromatic hydroxyl groups is 1. The van der Waals surface area contributed by atoms with Crippen LogP contribution in [0.5, 0.6) is 5.75 Å². The van der Waals surface area contributed by atoms with Crippen LogP contribution in [0.25, 0.3) is 0 Å². The van der Waals surface area contributed by atoms with Gasteiger partial charge in [-0.25, -0.2) is 4.79 Å². The summed E-state index contributed by atoms with van der Waals surface area (Å²) in [5.41, 5.74) is 12.1. The second kappa shape index (κ2) is 15.3. The molecule has 0 fully saturated rings. The lowest BCUT2D eigenvalue weighted by atomic mass is 10.0. The van der Waals surface area contributed by atoms with Gasteiger partial charge in [0, 0.05) is 25.0 Å². The van der Waals surface area contributed by atoms with E-state index in [0.717, 1.165) is 0 Å². The smallest absolute Gasteiger partial charge is 0.326 e. The molecule has 0 bridgehead atoms. The minimum absolute atomic E-state index is 0.00659. The van der Waals surface area contributed by atoms with Crippen LogP contribution in [0.15, 0.2) is 54.6 Å². The Hall–Kier alpha value is -4.10. The van der Waals surface area contributed by atoms with Crippen molar-refractivity contribution in [2.24, 2.45) is 11.5 Å². The number of nitrogens with two attached hydrogens (primary N) is 2. The summed E-state index contributed by atoms with van der Waals surface area (Å²) in [4.78, 5) is 62.1. The van der Waals surface area contributed by atoms with E-state index in [1.54, 1.807) is 30.3 Å².